The number of aromatic nitrogens is 3. The third-order valence-electron chi connectivity index (χ3n) is 1.81. The third-order valence-corrected chi connectivity index (χ3v) is 1.81. The van der Waals surface area contributed by atoms with Crippen molar-refractivity contribution in [2.45, 2.75) is 6.92 Å². The number of hydrogen-bond acceptors (Lipinski definition) is 3. The van der Waals surface area contributed by atoms with E-state index in [1.54, 1.807) is 24.7 Å². The first-order chi connectivity index (χ1) is 6.38. The molecule has 0 amide bonds. The average molecular weight is 171 g/mol. The summed E-state index contributed by atoms with van der Waals surface area (Å²) in [6, 6.07) is 5.66. The molecule has 13 heavy (non-hydrogen) atoms. The van der Waals surface area contributed by atoms with Gasteiger partial charge in [0, 0.05) is 29.8 Å². The highest BCUT2D eigenvalue weighted by Crippen LogP contribution is 2.15. The van der Waals surface area contributed by atoms with Crippen LogP contribution in [-0.2, 0) is 0 Å². The molecule has 64 valence electrons. The van der Waals surface area contributed by atoms with Crippen molar-refractivity contribution in [3.8, 4) is 11.4 Å². The van der Waals surface area contributed by atoms with Crippen LogP contribution in [0, 0.1) is 6.92 Å². The fourth-order valence-corrected chi connectivity index (χ4v) is 1.16. The van der Waals surface area contributed by atoms with E-state index in [0.717, 1.165) is 17.1 Å². The van der Waals surface area contributed by atoms with Crippen LogP contribution in [0.2, 0.25) is 0 Å². The maximum atomic E-state index is 4.18. The molecule has 0 bridgehead atoms. The van der Waals surface area contributed by atoms with Gasteiger partial charge in [-0.3, -0.25) is 4.98 Å². The summed E-state index contributed by atoms with van der Waals surface area (Å²) >= 11 is 0. The molecular weight excluding hydrogens is 162 g/mol. The summed E-state index contributed by atoms with van der Waals surface area (Å²) in [5.74, 6) is 0.730. The predicted octanol–water partition coefficient (Wildman–Crippen LogP) is 1.85. The van der Waals surface area contributed by atoms with Crippen molar-refractivity contribution < 1.29 is 0 Å². The number of nitrogens with zero attached hydrogens (tertiary/aromatic N) is 3. The average Bonchev–Trinajstić information content (AvgIpc) is 2.20. The van der Waals surface area contributed by atoms with E-state index in [9.17, 15) is 0 Å². The zero-order valence-corrected chi connectivity index (χ0v) is 7.31. The van der Waals surface area contributed by atoms with Gasteiger partial charge >= 0.3 is 0 Å². The maximum Gasteiger partial charge on any atom is 0.160 e. The number of pyridine rings is 1. The summed E-state index contributed by atoms with van der Waals surface area (Å²) in [7, 11) is 0. The van der Waals surface area contributed by atoms with Crippen molar-refractivity contribution in [3.63, 3.8) is 0 Å². The SMILES string of the molecule is Cc1ncccc1-c1ncccn1. The second kappa shape index (κ2) is 3.31. The molecule has 2 heterocycles. The van der Waals surface area contributed by atoms with Gasteiger partial charge < -0.3 is 0 Å². The van der Waals surface area contributed by atoms with Crippen LogP contribution < -0.4 is 0 Å². The van der Waals surface area contributed by atoms with Crippen LogP contribution in [0.1, 0.15) is 5.69 Å². The lowest BCUT2D eigenvalue weighted by Crippen LogP contribution is -1.91. The Balaban J connectivity index is 2.54. The molecule has 2 aromatic rings. The van der Waals surface area contributed by atoms with E-state index in [0.29, 0.717) is 0 Å². The van der Waals surface area contributed by atoms with Gasteiger partial charge in [0.1, 0.15) is 0 Å². The van der Waals surface area contributed by atoms with Gasteiger partial charge in [-0.25, -0.2) is 9.97 Å². The van der Waals surface area contributed by atoms with Gasteiger partial charge in [0.15, 0.2) is 5.82 Å². The first kappa shape index (κ1) is 7.86. The zero-order chi connectivity index (χ0) is 9.10. The highest BCUT2D eigenvalue weighted by molar-refractivity contribution is 5.56. The minimum absolute atomic E-state index is 0.730. The molecule has 0 saturated heterocycles. The Kier molecular flexibility index (Phi) is 2.00. The second-order valence-corrected chi connectivity index (χ2v) is 2.71. The normalized spacial score (nSPS) is 9.92. The van der Waals surface area contributed by atoms with Crippen molar-refractivity contribution in [3.05, 3.63) is 42.5 Å². The van der Waals surface area contributed by atoms with Gasteiger partial charge in [0.05, 0.1) is 0 Å². The van der Waals surface area contributed by atoms with E-state index in [2.05, 4.69) is 15.0 Å². The minimum Gasteiger partial charge on any atom is -0.261 e. The fraction of sp³-hybridized carbons (Fsp3) is 0.100. The summed E-state index contributed by atoms with van der Waals surface area (Å²) in [5, 5.41) is 0. The number of hydrogen-bond donors (Lipinski definition) is 0. The minimum atomic E-state index is 0.730. The van der Waals surface area contributed by atoms with E-state index in [1.165, 1.54) is 0 Å². The second-order valence-electron chi connectivity index (χ2n) is 2.71. The summed E-state index contributed by atoms with van der Waals surface area (Å²) < 4.78 is 0. The molecule has 0 atom stereocenters. The molecule has 0 unspecified atom stereocenters. The van der Waals surface area contributed by atoms with Gasteiger partial charge in [-0.1, -0.05) is 0 Å². The Labute approximate surface area is 76.5 Å². The van der Waals surface area contributed by atoms with Crippen LogP contribution in [0.4, 0.5) is 0 Å². The molecule has 3 nitrogen and oxygen atoms in total. The lowest BCUT2D eigenvalue weighted by atomic mass is 10.2. The van der Waals surface area contributed by atoms with Crippen molar-refractivity contribution in [2.75, 3.05) is 0 Å². The highest BCUT2D eigenvalue weighted by Gasteiger charge is 2.02. The molecule has 2 rings (SSSR count). The van der Waals surface area contributed by atoms with Crippen molar-refractivity contribution >= 4 is 0 Å². The van der Waals surface area contributed by atoms with Crippen molar-refractivity contribution in [1.29, 1.82) is 0 Å². The van der Waals surface area contributed by atoms with Crippen molar-refractivity contribution in [2.24, 2.45) is 0 Å². The molecule has 0 fully saturated rings. The topological polar surface area (TPSA) is 38.7 Å². The van der Waals surface area contributed by atoms with Gasteiger partial charge in [0.2, 0.25) is 0 Å². The fourth-order valence-electron chi connectivity index (χ4n) is 1.16. The zero-order valence-electron chi connectivity index (χ0n) is 7.31. The molecule has 0 saturated carbocycles. The van der Waals surface area contributed by atoms with Crippen LogP contribution in [0.15, 0.2) is 36.8 Å². The van der Waals surface area contributed by atoms with E-state index in [4.69, 9.17) is 0 Å². The first-order valence-electron chi connectivity index (χ1n) is 4.07. The molecular formula is C10H9N3. The summed E-state index contributed by atoms with van der Waals surface area (Å²) in [5.41, 5.74) is 1.94. The molecule has 0 aliphatic rings. The lowest BCUT2D eigenvalue weighted by Gasteiger charge is -2.00. The van der Waals surface area contributed by atoms with E-state index in [-0.39, 0.29) is 0 Å². The molecule has 0 aliphatic carbocycles. The highest BCUT2D eigenvalue weighted by atomic mass is 14.9. The number of rotatable bonds is 1. The maximum absolute atomic E-state index is 4.18. The van der Waals surface area contributed by atoms with Gasteiger partial charge in [-0.15, -0.1) is 0 Å². The van der Waals surface area contributed by atoms with Gasteiger partial charge in [-0.05, 0) is 25.1 Å². The van der Waals surface area contributed by atoms with E-state index >= 15 is 0 Å². The Morgan fingerprint density at radius 3 is 2.31 bits per heavy atom. The molecule has 0 N–H and O–H groups in total. The Morgan fingerprint density at radius 1 is 0.923 bits per heavy atom. The largest absolute Gasteiger partial charge is 0.261 e. The van der Waals surface area contributed by atoms with Crippen LogP contribution in [0.3, 0.4) is 0 Å². The van der Waals surface area contributed by atoms with Gasteiger partial charge in [0.25, 0.3) is 0 Å². The van der Waals surface area contributed by atoms with Crippen LogP contribution in [0.5, 0.6) is 0 Å². The quantitative estimate of drug-likeness (QED) is 0.657. The number of aryl methyl sites for hydroxylation is 1. The molecule has 2 aromatic heterocycles. The molecule has 0 aliphatic heterocycles. The predicted molar refractivity (Wildman–Crippen MR) is 50.0 cm³/mol. The summed E-state index contributed by atoms with van der Waals surface area (Å²) in [6.07, 6.45) is 5.23. The van der Waals surface area contributed by atoms with E-state index < -0.39 is 0 Å². The van der Waals surface area contributed by atoms with Gasteiger partial charge in [-0.2, -0.15) is 0 Å². The molecule has 0 spiro atoms. The Bertz CT molecular complexity index is 398. The van der Waals surface area contributed by atoms with Crippen LogP contribution in [0.25, 0.3) is 11.4 Å². The molecule has 0 radical (unpaired) electrons. The van der Waals surface area contributed by atoms with Crippen LogP contribution >= 0.6 is 0 Å². The third kappa shape index (κ3) is 1.54. The lowest BCUT2D eigenvalue weighted by molar-refractivity contribution is 1.13. The van der Waals surface area contributed by atoms with Crippen LogP contribution in [-0.4, -0.2) is 15.0 Å². The smallest absolute Gasteiger partial charge is 0.160 e. The standard InChI is InChI=1S/C10H9N3/c1-8-9(4-2-5-11-8)10-12-6-3-7-13-10/h2-7H,1H3. The molecule has 3 heteroatoms. The molecule has 0 aromatic carbocycles. The first-order valence-corrected chi connectivity index (χ1v) is 4.07. The monoisotopic (exact) mass is 171 g/mol. The van der Waals surface area contributed by atoms with Crippen molar-refractivity contribution in [1.82, 2.24) is 15.0 Å². The Hall–Kier alpha value is -1.77. The Morgan fingerprint density at radius 2 is 1.62 bits per heavy atom. The summed E-state index contributed by atoms with van der Waals surface area (Å²) in [4.78, 5) is 12.5. The summed E-state index contributed by atoms with van der Waals surface area (Å²) in [6.45, 7) is 1.95. The van der Waals surface area contributed by atoms with E-state index in [1.807, 2.05) is 19.1 Å².